The first-order valence-corrected chi connectivity index (χ1v) is 7.26. The lowest BCUT2D eigenvalue weighted by Gasteiger charge is -2.29. The third kappa shape index (κ3) is 2.65. The molecule has 1 unspecified atom stereocenters. The molecule has 0 saturated carbocycles. The zero-order valence-corrected chi connectivity index (χ0v) is 13.0. The number of rotatable bonds is 3. The molecule has 0 radical (unpaired) electrons. The molecule has 118 valence electrons. The van der Waals surface area contributed by atoms with Crippen LogP contribution in [0.3, 0.4) is 0 Å². The van der Waals surface area contributed by atoms with Gasteiger partial charge in [0.15, 0.2) is 5.88 Å². The minimum atomic E-state index is -0.317. The maximum absolute atomic E-state index is 13.7. The minimum Gasteiger partial charge on any atom is -0.441 e. The lowest BCUT2D eigenvalue weighted by Crippen LogP contribution is -2.22. The molecule has 2 aromatic rings. The summed E-state index contributed by atoms with van der Waals surface area (Å²) in [4.78, 5) is 1.97. The predicted octanol–water partition coefficient (Wildman–Crippen LogP) is 3.24. The molecular formula is C18H18FN3O. The van der Waals surface area contributed by atoms with Crippen molar-refractivity contribution >= 4 is 11.9 Å². The Morgan fingerprint density at radius 1 is 1.22 bits per heavy atom. The highest BCUT2D eigenvalue weighted by Gasteiger charge is 2.29. The van der Waals surface area contributed by atoms with Gasteiger partial charge in [0.05, 0.1) is 0 Å². The summed E-state index contributed by atoms with van der Waals surface area (Å²) in [5.41, 5.74) is 9.12. The van der Waals surface area contributed by atoms with Crippen LogP contribution >= 0.6 is 0 Å². The molecule has 2 aromatic carbocycles. The maximum atomic E-state index is 13.7. The number of anilines is 1. The van der Waals surface area contributed by atoms with Crippen molar-refractivity contribution in [1.29, 1.82) is 5.41 Å². The summed E-state index contributed by atoms with van der Waals surface area (Å²) in [7, 11) is 3.88. The summed E-state index contributed by atoms with van der Waals surface area (Å²) in [5, 5.41) is 7.67. The Kier molecular flexibility index (Phi) is 3.78. The molecule has 5 heteroatoms. The number of allylic oxidation sites excluding steroid dienone is 1. The van der Waals surface area contributed by atoms with Crippen molar-refractivity contribution in [3.8, 4) is 5.75 Å². The molecule has 23 heavy (non-hydrogen) atoms. The average Bonchev–Trinajstić information content (AvgIpc) is 2.52. The molecule has 0 bridgehead atoms. The fraction of sp³-hybridized carbons (Fsp3) is 0.167. The number of nitrogens with zero attached hydrogens (tertiary/aromatic N) is 1. The Hall–Kier alpha value is -2.82. The van der Waals surface area contributed by atoms with Gasteiger partial charge in [0, 0.05) is 49.1 Å². The van der Waals surface area contributed by atoms with Crippen LogP contribution in [0.5, 0.6) is 5.75 Å². The monoisotopic (exact) mass is 311 g/mol. The second-order valence-electron chi connectivity index (χ2n) is 5.67. The first kappa shape index (κ1) is 15.1. The summed E-state index contributed by atoms with van der Waals surface area (Å²) in [6.45, 7) is 0. The third-order valence-electron chi connectivity index (χ3n) is 3.98. The van der Waals surface area contributed by atoms with E-state index >= 15 is 0 Å². The molecule has 0 aromatic heterocycles. The van der Waals surface area contributed by atoms with Crippen LogP contribution in [0.25, 0.3) is 0 Å². The molecule has 3 N–H and O–H groups in total. The van der Waals surface area contributed by atoms with Gasteiger partial charge in [-0.1, -0.05) is 18.2 Å². The molecule has 0 fully saturated rings. The van der Waals surface area contributed by atoms with Crippen LogP contribution in [0.4, 0.5) is 10.1 Å². The van der Waals surface area contributed by atoms with Crippen LogP contribution in [0.1, 0.15) is 17.0 Å². The number of nitrogens with two attached hydrogens (primary N) is 1. The van der Waals surface area contributed by atoms with E-state index in [1.54, 1.807) is 6.07 Å². The summed E-state index contributed by atoms with van der Waals surface area (Å²) in [6, 6.07) is 12.2. The second kappa shape index (κ2) is 5.76. The van der Waals surface area contributed by atoms with Crippen molar-refractivity contribution in [1.82, 2.24) is 0 Å². The molecular weight excluding hydrogens is 293 g/mol. The molecule has 1 aliphatic rings. The largest absolute Gasteiger partial charge is 0.441 e. The smallest absolute Gasteiger partial charge is 0.196 e. The topological polar surface area (TPSA) is 62.3 Å². The quantitative estimate of drug-likeness (QED) is 0.855. The van der Waals surface area contributed by atoms with Crippen molar-refractivity contribution in [2.75, 3.05) is 19.0 Å². The van der Waals surface area contributed by atoms with Crippen LogP contribution in [0, 0.1) is 11.2 Å². The first-order valence-electron chi connectivity index (χ1n) is 7.26. The van der Waals surface area contributed by atoms with Crippen LogP contribution in [-0.2, 0) is 0 Å². The van der Waals surface area contributed by atoms with Crippen LogP contribution < -0.4 is 15.4 Å². The fourth-order valence-corrected chi connectivity index (χ4v) is 2.82. The van der Waals surface area contributed by atoms with Gasteiger partial charge >= 0.3 is 0 Å². The van der Waals surface area contributed by atoms with Gasteiger partial charge in [-0.3, -0.25) is 0 Å². The molecule has 0 amide bonds. The highest BCUT2D eigenvalue weighted by atomic mass is 19.1. The van der Waals surface area contributed by atoms with Gasteiger partial charge in [-0.2, -0.15) is 0 Å². The molecule has 0 spiro atoms. The average molecular weight is 311 g/mol. The van der Waals surface area contributed by atoms with E-state index in [1.807, 2.05) is 43.3 Å². The number of nitrogens with one attached hydrogen (secondary N) is 1. The zero-order chi connectivity index (χ0) is 16.6. The van der Waals surface area contributed by atoms with Crippen molar-refractivity contribution < 1.29 is 9.13 Å². The Morgan fingerprint density at radius 3 is 2.65 bits per heavy atom. The third-order valence-corrected chi connectivity index (χ3v) is 3.98. The second-order valence-corrected chi connectivity index (χ2v) is 5.67. The van der Waals surface area contributed by atoms with Crippen molar-refractivity contribution in [3.05, 3.63) is 70.9 Å². The van der Waals surface area contributed by atoms with Gasteiger partial charge < -0.3 is 20.8 Å². The number of ether oxygens (including phenoxy) is 1. The SMILES string of the molecule is CN(C)c1ccc2c(c1)OC(N)=C(C=N)C2c1cccc(F)c1. The van der Waals surface area contributed by atoms with E-state index in [2.05, 4.69) is 0 Å². The van der Waals surface area contributed by atoms with Crippen LogP contribution in [0.15, 0.2) is 53.9 Å². The molecule has 1 atom stereocenters. The number of halogens is 1. The Bertz CT molecular complexity index is 799. The molecule has 4 nitrogen and oxygen atoms in total. The van der Waals surface area contributed by atoms with Gasteiger partial charge in [0.2, 0.25) is 0 Å². The summed E-state index contributed by atoms with van der Waals surface area (Å²) < 4.78 is 19.3. The van der Waals surface area contributed by atoms with E-state index in [-0.39, 0.29) is 17.6 Å². The van der Waals surface area contributed by atoms with Gasteiger partial charge in [0.1, 0.15) is 11.6 Å². The summed E-state index contributed by atoms with van der Waals surface area (Å²) in [6.07, 6.45) is 1.17. The van der Waals surface area contributed by atoms with Gasteiger partial charge in [0.25, 0.3) is 0 Å². The van der Waals surface area contributed by atoms with Crippen LogP contribution in [-0.4, -0.2) is 20.3 Å². The fourth-order valence-electron chi connectivity index (χ4n) is 2.82. The highest BCUT2D eigenvalue weighted by molar-refractivity contribution is 5.82. The lowest BCUT2D eigenvalue weighted by molar-refractivity contribution is 0.395. The Labute approximate surface area is 134 Å². The van der Waals surface area contributed by atoms with Crippen molar-refractivity contribution in [3.63, 3.8) is 0 Å². The minimum absolute atomic E-state index is 0.178. The van der Waals surface area contributed by atoms with E-state index in [4.69, 9.17) is 15.9 Å². The molecule has 0 aliphatic carbocycles. The van der Waals surface area contributed by atoms with E-state index in [9.17, 15) is 4.39 Å². The Morgan fingerprint density at radius 2 is 2.00 bits per heavy atom. The van der Waals surface area contributed by atoms with Gasteiger partial charge in [-0.05, 0) is 23.8 Å². The number of hydrogen-bond acceptors (Lipinski definition) is 4. The molecule has 1 heterocycles. The van der Waals surface area contributed by atoms with Crippen molar-refractivity contribution in [2.24, 2.45) is 5.73 Å². The zero-order valence-electron chi connectivity index (χ0n) is 13.0. The summed E-state index contributed by atoms with van der Waals surface area (Å²) in [5.74, 6) is 0.178. The number of benzene rings is 2. The standard InChI is InChI=1S/C18H18FN3O/c1-22(2)13-6-7-14-16(9-13)23-18(21)15(10-20)17(14)11-4-3-5-12(19)8-11/h3-10,17,20H,21H2,1-2H3. The Balaban J connectivity index is 2.19. The lowest BCUT2D eigenvalue weighted by atomic mass is 9.83. The maximum Gasteiger partial charge on any atom is 0.196 e. The van der Waals surface area contributed by atoms with Gasteiger partial charge in [-0.15, -0.1) is 0 Å². The number of hydrogen-bond donors (Lipinski definition) is 2. The first-order chi connectivity index (χ1) is 11.0. The van der Waals surface area contributed by atoms with Gasteiger partial charge in [-0.25, -0.2) is 4.39 Å². The molecule has 0 saturated heterocycles. The van der Waals surface area contributed by atoms with Crippen LogP contribution in [0.2, 0.25) is 0 Å². The number of fused-ring (bicyclic) bond motifs is 1. The van der Waals surface area contributed by atoms with E-state index in [0.717, 1.165) is 16.8 Å². The normalized spacial score (nSPS) is 16.6. The van der Waals surface area contributed by atoms with E-state index < -0.39 is 0 Å². The van der Waals surface area contributed by atoms with Crippen molar-refractivity contribution in [2.45, 2.75) is 5.92 Å². The van der Waals surface area contributed by atoms with E-state index in [0.29, 0.717) is 11.3 Å². The summed E-state index contributed by atoms with van der Waals surface area (Å²) >= 11 is 0. The highest BCUT2D eigenvalue weighted by Crippen LogP contribution is 2.42. The van der Waals surface area contributed by atoms with E-state index in [1.165, 1.54) is 18.3 Å². The molecule has 1 aliphatic heterocycles. The molecule has 3 rings (SSSR count). The predicted molar refractivity (Wildman–Crippen MR) is 89.6 cm³/mol.